The molecule has 3 rings (SSSR count). The van der Waals surface area contributed by atoms with Crippen LogP contribution in [0.15, 0.2) is 35.4 Å². The summed E-state index contributed by atoms with van der Waals surface area (Å²) in [5.41, 5.74) is 2.63. The highest BCUT2D eigenvalue weighted by Crippen LogP contribution is 2.19. The Hall–Kier alpha value is -1.37. The van der Waals surface area contributed by atoms with Gasteiger partial charge in [-0.05, 0) is 48.6 Å². The van der Waals surface area contributed by atoms with E-state index in [2.05, 4.69) is 27.6 Å². The molecule has 2 aromatic heterocycles. The van der Waals surface area contributed by atoms with Crippen LogP contribution in [0.2, 0.25) is 0 Å². The number of fused-ring (bicyclic) bond motifs is 3. The zero-order valence-electron chi connectivity index (χ0n) is 10.1. The van der Waals surface area contributed by atoms with Crippen molar-refractivity contribution in [2.45, 2.75) is 19.9 Å². The van der Waals surface area contributed by atoms with Crippen molar-refractivity contribution in [1.29, 1.82) is 0 Å². The van der Waals surface area contributed by atoms with Crippen molar-refractivity contribution in [1.82, 2.24) is 14.0 Å². The van der Waals surface area contributed by atoms with E-state index in [0.717, 1.165) is 14.7 Å². The molecule has 0 fully saturated rings. The number of hydrogen-bond acceptors (Lipinski definition) is 2. The molecule has 4 nitrogen and oxygen atoms in total. The first-order valence-electron chi connectivity index (χ1n) is 5.77. The summed E-state index contributed by atoms with van der Waals surface area (Å²) in [5.74, 6) is 0. The normalized spacial score (nSPS) is 11.8. The summed E-state index contributed by atoms with van der Waals surface area (Å²) in [6, 6.07) is 8.04. The summed E-state index contributed by atoms with van der Waals surface area (Å²) >= 11 is 2.11. The lowest BCUT2D eigenvalue weighted by Crippen LogP contribution is -2.24. The number of imidazole rings is 1. The van der Waals surface area contributed by atoms with Crippen molar-refractivity contribution in [2.24, 2.45) is 0 Å². The molecule has 5 heteroatoms. The van der Waals surface area contributed by atoms with Gasteiger partial charge in [0.15, 0.2) is 0 Å². The quantitative estimate of drug-likeness (QED) is 0.631. The molecule has 0 spiro atoms. The smallest absolute Gasteiger partial charge is 0.278 e. The SMILES string of the molecule is CC(C)n1c(=O)c2c(I)ncn2c2ccccc21. The van der Waals surface area contributed by atoms with Gasteiger partial charge in [-0.3, -0.25) is 9.20 Å². The molecule has 0 atom stereocenters. The summed E-state index contributed by atoms with van der Waals surface area (Å²) in [5, 5.41) is 0. The van der Waals surface area contributed by atoms with Crippen LogP contribution in [0.5, 0.6) is 0 Å². The van der Waals surface area contributed by atoms with E-state index in [1.807, 2.05) is 47.1 Å². The second-order valence-corrected chi connectivity index (χ2v) is 5.53. The van der Waals surface area contributed by atoms with E-state index in [4.69, 9.17) is 0 Å². The topological polar surface area (TPSA) is 39.3 Å². The molecule has 0 unspecified atom stereocenters. The van der Waals surface area contributed by atoms with Gasteiger partial charge < -0.3 is 4.57 Å². The van der Waals surface area contributed by atoms with Gasteiger partial charge >= 0.3 is 0 Å². The lowest BCUT2D eigenvalue weighted by molar-refractivity contribution is 0.601. The van der Waals surface area contributed by atoms with Gasteiger partial charge in [-0.15, -0.1) is 0 Å². The molecule has 0 saturated heterocycles. The van der Waals surface area contributed by atoms with Crippen LogP contribution in [0.25, 0.3) is 16.6 Å². The number of nitrogens with zero attached hydrogens (tertiary/aromatic N) is 3. The van der Waals surface area contributed by atoms with E-state index < -0.39 is 0 Å². The minimum atomic E-state index is 0.0191. The van der Waals surface area contributed by atoms with Gasteiger partial charge in [0.1, 0.15) is 15.5 Å². The summed E-state index contributed by atoms with van der Waals surface area (Å²) in [6.45, 7) is 4.04. The van der Waals surface area contributed by atoms with Crippen molar-refractivity contribution in [3.05, 3.63) is 44.6 Å². The Labute approximate surface area is 117 Å². The number of rotatable bonds is 1. The number of halogens is 1. The zero-order valence-corrected chi connectivity index (χ0v) is 12.2. The van der Waals surface area contributed by atoms with Gasteiger partial charge in [0.25, 0.3) is 5.56 Å². The van der Waals surface area contributed by atoms with Gasteiger partial charge in [0.2, 0.25) is 0 Å². The van der Waals surface area contributed by atoms with Crippen LogP contribution >= 0.6 is 22.6 Å². The van der Waals surface area contributed by atoms with Crippen molar-refractivity contribution >= 4 is 39.1 Å². The Morgan fingerprint density at radius 2 is 1.89 bits per heavy atom. The summed E-state index contributed by atoms with van der Waals surface area (Å²) < 4.78 is 4.45. The van der Waals surface area contributed by atoms with Crippen LogP contribution in [0, 0.1) is 3.70 Å². The molecule has 2 heterocycles. The van der Waals surface area contributed by atoms with E-state index in [1.54, 1.807) is 6.33 Å². The Morgan fingerprint density at radius 3 is 2.56 bits per heavy atom. The van der Waals surface area contributed by atoms with E-state index in [1.165, 1.54) is 0 Å². The lowest BCUT2D eigenvalue weighted by Gasteiger charge is -2.15. The number of hydrogen-bond donors (Lipinski definition) is 0. The molecular weight excluding hydrogens is 341 g/mol. The number of para-hydroxylation sites is 2. The highest BCUT2D eigenvalue weighted by Gasteiger charge is 2.15. The molecule has 1 aromatic carbocycles. The van der Waals surface area contributed by atoms with Crippen LogP contribution in [0.4, 0.5) is 0 Å². The third-order valence-electron chi connectivity index (χ3n) is 3.06. The first-order chi connectivity index (χ1) is 8.61. The second kappa shape index (κ2) is 4.08. The molecule has 0 aliphatic heterocycles. The van der Waals surface area contributed by atoms with Crippen LogP contribution in [0.1, 0.15) is 19.9 Å². The molecule has 0 radical (unpaired) electrons. The number of aromatic nitrogens is 3. The second-order valence-electron chi connectivity index (χ2n) is 4.51. The van der Waals surface area contributed by atoms with E-state index in [9.17, 15) is 4.79 Å². The fraction of sp³-hybridized carbons (Fsp3) is 0.231. The monoisotopic (exact) mass is 353 g/mol. The Balaban J connectivity index is 2.68. The van der Waals surface area contributed by atoms with Crippen molar-refractivity contribution in [3.8, 4) is 0 Å². The zero-order chi connectivity index (χ0) is 12.9. The van der Waals surface area contributed by atoms with E-state index in [-0.39, 0.29) is 11.6 Å². The van der Waals surface area contributed by atoms with Crippen molar-refractivity contribution in [2.75, 3.05) is 0 Å². The predicted molar refractivity (Wildman–Crippen MR) is 80.1 cm³/mol. The van der Waals surface area contributed by atoms with Crippen molar-refractivity contribution in [3.63, 3.8) is 0 Å². The van der Waals surface area contributed by atoms with Crippen LogP contribution in [-0.4, -0.2) is 14.0 Å². The standard InChI is InChI=1S/C13H12IN3O/c1-8(2)17-10-6-4-3-5-9(10)16-7-15-12(14)11(16)13(17)18/h3-8H,1-2H3. The number of benzene rings is 1. The fourth-order valence-corrected chi connectivity index (χ4v) is 2.92. The molecule has 0 amide bonds. The Morgan fingerprint density at radius 1 is 1.22 bits per heavy atom. The van der Waals surface area contributed by atoms with E-state index >= 15 is 0 Å². The first kappa shape index (κ1) is 11.7. The summed E-state index contributed by atoms with van der Waals surface area (Å²) in [7, 11) is 0. The molecule has 18 heavy (non-hydrogen) atoms. The third-order valence-corrected chi connectivity index (χ3v) is 3.85. The highest BCUT2D eigenvalue weighted by atomic mass is 127. The van der Waals surface area contributed by atoms with Gasteiger partial charge in [0, 0.05) is 6.04 Å². The Kier molecular flexibility index (Phi) is 2.65. The van der Waals surface area contributed by atoms with Crippen LogP contribution < -0.4 is 5.56 Å². The highest BCUT2D eigenvalue weighted by molar-refractivity contribution is 14.1. The maximum atomic E-state index is 12.6. The molecule has 0 aliphatic rings. The van der Waals surface area contributed by atoms with E-state index in [0.29, 0.717) is 5.52 Å². The predicted octanol–water partition coefficient (Wildman–Crippen LogP) is 2.83. The lowest BCUT2D eigenvalue weighted by atomic mass is 10.2. The first-order valence-corrected chi connectivity index (χ1v) is 6.85. The molecule has 0 saturated carbocycles. The molecule has 0 aliphatic carbocycles. The molecule has 3 aromatic rings. The molecule has 0 N–H and O–H groups in total. The van der Waals surface area contributed by atoms with Gasteiger partial charge in [-0.2, -0.15) is 0 Å². The average molecular weight is 353 g/mol. The summed E-state index contributed by atoms with van der Waals surface area (Å²) in [4.78, 5) is 16.8. The van der Waals surface area contributed by atoms with Crippen molar-refractivity contribution < 1.29 is 0 Å². The fourth-order valence-electron chi connectivity index (χ4n) is 2.31. The van der Waals surface area contributed by atoms with Gasteiger partial charge in [-0.1, -0.05) is 12.1 Å². The van der Waals surface area contributed by atoms with Crippen LogP contribution in [0.3, 0.4) is 0 Å². The Bertz CT molecular complexity index is 801. The molecule has 92 valence electrons. The minimum Gasteiger partial charge on any atom is -0.302 e. The molecule has 0 bridgehead atoms. The third kappa shape index (κ3) is 1.50. The van der Waals surface area contributed by atoms with Gasteiger partial charge in [-0.25, -0.2) is 4.98 Å². The van der Waals surface area contributed by atoms with Gasteiger partial charge in [0.05, 0.1) is 11.0 Å². The van der Waals surface area contributed by atoms with Crippen LogP contribution in [-0.2, 0) is 0 Å². The maximum Gasteiger partial charge on any atom is 0.278 e. The largest absolute Gasteiger partial charge is 0.302 e. The maximum absolute atomic E-state index is 12.6. The molecular formula is C13H12IN3O. The summed E-state index contributed by atoms with van der Waals surface area (Å²) in [6.07, 6.45) is 1.71. The average Bonchev–Trinajstić information content (AvgIpc) is 2.72. The minimum absolute atomic E-state index is 0.0191.